The molecule has 192 valence electrons. The van der Waals surface area contributed by atoms with Crippen molar-refractivity contribution in [1.29, 1.82) is 0 Å². The summed E-state index contributed by atoms with van der Waals surface area (Å²) in [7, 11) is 0. The second-order valence-electron chi connectivity index (χ2n) is 10.4. The minimum atomic E-state index is -1.49. The second-order valence-corrected chi connectivity index (χ2v) is 10.4. The van der Waals surface area contributed by atoms with Crippen molar-refractivity contribution in [2.75, 3.05) is 19.6 Å². The summed E-state index contributed by atoms with van der Waals surface area (Å²) >= 11 is 0. The lowest BCUT2D eigenvalue weighted by molar-refractivity contribution is -0.959. The Balaban J connectivity index is 0.00000280. The van der Waals surface area contributed by atoms with Crippen LogP contribution in [0.4, 0.5) is 0 Å². The van der Waals surface area contributed by atoms with Crippen LogP contribution in [0.3, 0.4) is 0 Å². The van der Waals surface area contributed by atoms with Crippen LogP contribution in [0.15, 0.2) is 89.5 Å². The van der Waals surface area contributed by atoms with Crippen LogP contribution in [-0.4, -0.2) is 45.5 Å². The topological polar surface area (TPSA) is 68.4 Å². The van der Waals surface area contributed by atoms with E-state index in [2.05, 4.69) is 30.3 Å². The van der Waals surface area contributed by atoms with E-state index in [1.165, 1.54) is 5.56 Å². The van der Waals surface area contributed by atoms with Crippen LogP contribution < -0.4 is 17.1 Å². The quantitative estimate of drug-likeness (QED) is 0.379. The maximum atomic E-state index is 12.0. The van der Waals surface area contributed by atoms with Gasteiger partial charge in [-0.1, -0.05) is 78.0 Å². The highest BCUT2D eigenvalue weighted by Crippen LogP contribution is 2.39. The first-order valence-corrected chi connectivity index (χ1v) is 12.8. The number of hydrogen-bond donors (Lipinski definition) is 1. The van der Waals surface area contributed by atoms with E-state index in [1.54, 1.807) is 0 Å². The van der Waals surface area contributed by atoms with Crippen LogP contribution in [0.25, 0.3) is 0 Å². The zero-order chi connectivity index (χ0) is 24.6. The molecule has 0 spiro atoms. The molecule has 3 aromatic carbocycles. The van der Waals surface area contributed by atoms with Crippen LogP contribution in [-0.2, 0) is 12.1 Å². The third-order valence-electron chi connectivity index (χ3n) is 7.96. The van der Waals surface area contributed by atoms with Gasteiger partial charge in [-0.25, -0.2) is 0 Å². The fraction of sp³-hybridized carbons (Fsp3) is 0.333. The molecule has 1 N–H and O–H groups in total. The van der Waals surface area contributed by atoms with Gasteiger partial charge in [-0.05, 0) is 35.7 Å². The predicted octanol–water partition coefficient (Wildman–Crippen LogP) is 1.85. The van der Waals surface area contributed by atoms with Gasteiger partial charge in [-0.15, -0.1) is 0 Å². The minimum Gasteiger partial charge on any atom is -1.00 e. The van der Waals surface area contributed by atoms with E-state index in [1.807, 2.05) is 66.7 Å². The molecular weight excluding hydrogens is 486 g/mol. The lowest BCUT2D eigenvalue weighted by Crippen LogP contribution is -3.00. The fourth-order valence-electron chi connectivity index (χ4n) is 5.98. The molecule has 6 nitrogen and oxygen atoms in total. The van der Waals surface area contributed by atoms with E-state index in [-0.39, 0.29) is 24.3 Å². The van der Waals surface area contributed by atoms with Crippen molar-refractivity contribution < 1.29 is 31.3 Å². The number of piperidine rings is 3. The maximum Gasteiger partial charge on any atom is 0.282 e. The Kier molecular flexibility index (Phi) is 7.08. The fourth-order valence-corrected chi connectivity index (χ4v) is 5.98. The summed E-state index contributed by atoms with van der Waals surface area (Å²) in [4.78, 5) is 4.78. The highest BCUT2D eigenvalue weighted by atomic mass is 35.5. The van der Waals surface area contributed by atoms with Crippen molar-refractivity contribution in [3.8, 4) is 5.75 Å². The number of fused-ring (bicyclic) bond motifs is 3. The molecule has 3 fully saturated rings. The SMILES string of the molecule is Cc1cccc(O[C@H]2C[N+]3(Cc4nc(C(O)(c5ccccc5)c5ccccc5)no4)CCC2CC3)c1.[Cl-]. The molecular formula is C30H32ClN3O3. The molecule has 0 radical (unpaired) electrons. The first-order chi connectivity index (χ1) is 17.5. The van der Waals surface area contributed by atoms with Gasteiger partial charge in [-0.3, -0.25) is 0 Å². The van der Waals surface area contributed by atoms with Gasteiger partial charge in [0.2, 0.25) is 5.82 Å². The molecule has 3 aliphatic heterocycles. The lowest BCUT2D eigenvalue weighted by atomic mass is 9.83. The predicted molar refractivity (Wildman–Crippen MR) is 136 cm³/mol. The number of nitrogens with zero attached hydrogens (tertiary/aromatic N) is 3. The van der Waals surface area contributed by atoms with Crippen molar-refractivity contribution in [2.24, 2.45) is 5.92 Å². The number of aryl methyl sites for hydroxylation is 1. The van der Waals surface area contributed by atoms with E-state index in [4.69, 9.17) is 14.2 Å². The van der Waals surface area contributed by atoms with Crippen molar-refractivity contribution in [3.05, 3.63) is 113 Å². The molecule has 3 aliphatic rings. The van der Waals surface area contributed by atoms with E-state index < -0.39 is 5.60 Å². The normalized spacial score (nSPS) is 22.9. The number of hydrogen-bond acceptors (Lipinski definition) is 5. The van der Waals surface area contributed by atoms with Crippen LogP contribution in [0.5, 0.6) is 5.75 Å². The van der Waals surface area contributed by atoms with E-state index in [0.29, 0.717) is 29.5 Å². The summed E-state index contributed by atoms with van der Waals surface area (Å²) < 4.78 is 13.2. The Morgan fingerprint density at radius 1 is 0.946 bits per heavy atom. The first kappa shape index (κ1) is 25.5. The highest BCUT2D eigenvalue weighted by molar-refractivity contribution is 5.42. The van der Waals surface area contributed by atoms with Gasteiger partial charge in [0.25, 0.3) is 5.89 Å². The van der Waals surface area contributed by atoms with Crippen LogP contribution >= 0.6 is 0 Å². The van der Waals surface area contributed by atoms with Gasteiger partial charge in [0.1, 0.15) is 12.3 Å². The lowest BCUT2D eigenvalue weighted by Gasteiger charge is -2.51. The van der Waals surface area contributed by atoms with Crippen LogP contribution in [0.1, 0.15) is 41.2 Å². The van der Waals surface area contributed by atoms with E-state index >= 15 is 0 Å². The summed E-state index contributed by atoms with van der Waals surface area (Å²) in [5, 5.41) is 16.3. The Morgan fingerprint density at radius 3 is 2.22 bits per heavy atom. The summed E-state index contributed by atoms with van der Waals surface area (Å²) in [6, 6.07) is 27.4. The van der Waals surface area contributed by atoms with Crippen LogP contribution in [0.2, 0.25) is 0 Å². The smallest absolute Gasteiger partial charge is 0.282 e. The molecule has 2 bridgehead atoms. The van der Waals surface area contributed by atoms with Gasteiger partial charge < -0.3 is 31.3 Å². The zero-order valence-corrected chi connectivity index (χ0v) is 21.7. The molecule has 1 aromatic heterocycles. The Morgan fingerprint density at radius 2 is 1.59 bits per heavy atom. The largest absolute Gasteiger partial charge is 1.00 e. The molecule has 0 unspecified atom stereocenters. The molecule has 4 aromatic rings. The number of benzene rings is 3. The van der Waals surface area contributed by atoms with Gasteiger partial charge in [0.15, 0.2) is 18.2 Å². The molecule has 0 saturated carbocycles. The average molecular weight is 518 g/mol. The molecule has 7 rings (SSSR count). The highest BCUT2D eigenvalue weighted by Gasteiger charge is 2.48. The molecule has 7 heteroatoms. The van der Waals surface area contributed by atoms with Crippen molar-refractivity contribution in [2.45, 2.75) is 38.0 Å². The minimum absolute atomic E-state index is 0. The Bertz CT molecular complexity index is 1280. The molecule has 4 heterocycles. The summed E-state index contributed by atoms with van der Waals surface area (Å²) in [5.74, 6) is 2.37. The van der Waals surface area contributed by atoms with E-state index in [9.17, 15) is 5.11 Å². The molecule has 37 heavy (non-hydrogen) atoms. The summed E-state index contributed by atoms with van der Waals surface area (Å²) in [6.45, 7) is 5.83. The van der Waals surface area contributed by atoms with Crippen LogP contribution in [0, 0.1) is 12.8 Å². The third kappa shape index (κ3) is 4.89. The summed E-state index contributed by atoms with van der Waals surface area (Å²) in [6.07, 6.45) is 2.45. The number of quaternary nitrogens is 1. The Hall–Kier alpha value is -3.19. The van der Waals surface area contributed by atoms with E-state index in [0.717, 1.165) is 42.7 Å². The van der Waals surface area contributed by atoms with Crippen molar-refractivity contribution in [1.82, 2.24) is 10.1 Å². The van der Waals surface area contributed by atoms with Gasteiger partial charge in [-0.2, -0.15) is 4.98 Å². The summed E-state index contributed by atoms with van der Waals surface area (Å²) in [5.41, 5.74) is 1.14. The maximum absolute atomic E-state index is 12.0. The number of rotatable bonds is 7. The first-order valence-electron chi connectivity index (χ1n) is 12.8. The molecule has 0 aliphatic carbocycles. The van der Waals surface area contributed by atoms with Gasteiger partial charge in [0, 0.05) is 18.8 Å². The third-order valence-corrected chi connectivity index (χ3v) is 7.96. The van der Waals surface area contributed by atoms with Crippen molar-refractivity contribution >= 4 is 0 Å². The zero-order valence-electron chi connectivity index (χ0n) is 21.0. The molecule has 0 amide bonds. The van der Waals surface area contributed by atoms with Crippen molar-refractivity contribution in [3.63, 3.8) is 0 Å². The molecule has 3 saturated heterocycles. The standard InChI is InChI=1S/C30H32N3O3.ClH/c1-22-9-8-14-26(19-22)35-27-20-33(17-15-23(27)16-18-33)21-28-31-29(32-36-28)30(34,24-10-4-2-5-11-24)25-12-6-3-7-13-25;/h2-14,19,23,27,34H,15-18,20-21H2,1H3;1H/q+1;/p-1/t23?,27-,33?;/m0./s1. The van der Waals surface area contributed by atoms with Gasteiger partial charge >= 0.3 is 0 Å². The average Bonchev–Trinajstić information content (AvgIpc) is 3.38. The Labute approximate surface area is 223 Å². The molecule has 1 atom stereocenters. The number of halogens is 1. The number of aliphatic hydroxyl groups is 1. The number of aromatic nitrogens is 2. The second kappa shape index (κ2) is 10.3. The monoisotopic (exact) mass is 517 g/mol. The number of ether oxygens (including phenoxy) is 1. The van der Waals surface area contributed by atoms with Gasteiger partial charge in [0.05, 0.1) is 13.1 Å².